The molecular formula is C31H27Cl2NO6S. The summed E-state index contributed by atoms with van der Waals surface area (Å²) in [5, 5.41) is 3.97. The fourth-order valence-electron chi connectivity index (χ4n) is 5.29. The predicted molar refractivity (Wildman–Crippen MR) is 158 cm³/mol. The van der Waals surface area contributed by atoms with E-state index in [0.717, 1.165) is 22.8 Å². The molecule has 0 aliphatic heterocycles. The van der Waals surface area contributed by atoms with Crippen LogP contribution in [0.4, 0.5) is 0 Å². The molecule has 212 valence electrons. The number of Topliss-reactive ketones (excluding diaryl/α,β-unsaturated/α-hetero) is 2. The van der Waals surface area contributed by atoms with Gasteiger partial charge in [-0.3, -0.25) is 14.4 Å². The molecule has 1 heterocycles. The molecule has 0 bridgehead atoms. The van der Waals surface area contributed by atoms with Gasteiger partial charge in [0.15, 0.2) is 21.4 Å². The van der Waals surface area contributed by atoms with Crippen LogP contribution < -0.4 is 5.32 Å². The standard InChI is InChI=1S/C31H27Cl2NO6S/c1-17(35)26(13-18-4-3-5-23(12-18)41(2,38)39)34-31(37)28-25(32)15-22-14-20(8-9-24(22)29(28)33)30(36)21-7-6-19-10-11-40-27(19)16-21/h3-7,10-12,15-16,20,26H,8-9,13-14H2,1-2H3,(H,34,37)/t20?,26-/m0/s1. The number of nitrogens with one attached hydrogen (secondary N) is 1. The Hall–Kier alpha value is -3.46. The molecule has 41 heavy (non-hydrogen) atoms. The monoisotopic (exact) mass is 611 g/mol. The summed E-state index contributed by atoms with van der Waals surface area (Å²) in [6.07, 6.45) is 4.25. The number of amides is 1. The molecule has 2 atom stereocenters. The second kappa shape index (κ2) is 11.4. The summed E-state index contributed by atoms with van der Waals surface area (Å²) in [6, 6.07) is 14.2. The van der Waals surface area contributed by atoms with Gasteiger partial charge >= 0.3 is 0 Å². The highest BCUT2D eigenvalue weighted by molar-refractivity contribution is 7.90. The number of hydrogen-bond acceptors (Lipinski definition) is 6. The van der Waals surface area contributed by atoms with Gasteiger partial charge in [0.1, 0.15) is 5.58 Å². The Morgan fingerprint density at radius 1 is 1.07 bits per heavy atom. The zero-order chi connectivity index (χ0) is 29.5. The van der Waals surface area contributed by atoms with Crippen molar-refractivity contribution in [2.75, 3.05) is 6.26 Å². The third-order valence-electron chi connectivity index (χ3n) is 7.52. The van der Waals surface area contributed by atoms with E-state index in [9.17, 15) is 22.8 Å². The zero-order valence-corrected chi connectivity index (χ0v) is 24.7. The molecule has 5 rings (SSSR count). The van der Waals surface area contributed by atoms with E-state index in [1.807, 2.05) is 12.1 Å². The van der Waals surface area contributed by atoms with Crippen LogP contribution in [0.25, 0.3) is 11.0 Å². The van der Waals surface area contributed by atoms with Crippen molar-refractivity contribution in [1.82, 2.24) is 5.32 Å². The number of benzene rings is 3. The lowest BCUT2D eigenvalue weighted by Crippen LogP contribution is -2.41. The summed E-state index contributed by atoms with van der Waals surface area (Å²) in [4.78, 5) is 39.2. The maximum absolute atomic E-state index is 13.4. The first-order valence-corrected chi connectivity index (χ1v) is 15.7. The Morgan fingerprint density at radius 3 is 2.59 bits per heavy atom. The van der Waals surface area contributed by atoms with E-state index in [2.05, 4.69) is 5.32 Å². The van der Waals surface area contributed by atoms with Gasteiger partial charge in [-0.05, 0) is 79.6 Å². The van der Waals surface area contributed by atoms with E-state index in [4.69, 9.17) is 27.6 Å². The molecule has 0 radical (unpaired) electrons. The quantitative estimate of drug-likeness (QED) is 0.242. The molecule has 1 unspecified atom stereocenters. The van der Waals surface area contributed by atoms with Crippen LogP contribution in [0.1, 0.15) is 50.8 Å². The Morgan fingerprint density at radius 2 is 1.85 bits per heavy atom. The van der Waals surface area contributed by atoms with Crippen molar-refractivity contribution in [3.63, 3.8) is 0 Å². The van der Waals surface area contributed by atoms with Gasteiger partial charge in [0.2, 0.25) is 0 Å². The van der Waals surface area contributed by atoms with E-state index < -0.39 is 21.8 Å². The van der Waals surface area contributed by atoms with Crippen molar-refractivity contribution in [1.29, 1.82) is 0 Å². The van der Waals surface area contributed by atoms with Gasteiger partial charge in [0, 0.05) is 23.1 Å². The fourth-order valence-corrected chi connectivity index (χ4v) is 6.74. The maximum Gasteiger partial charge on any atom is 0.254 e. The molecule has 0 spiro atoms. The highest BCUT2D eigenvalue weighted by Gasteiger charge is 2.31. The van der Waals surface area contributed by atoms with Crippen molar-refractivity contribution in [2.24, 2.45) is 5.92 Å². The summed E-state index contributed by atoms with van der Waals surface area (Å²) < 4.78 is 29.3. The minimum absolute atomic E-state index is 0.00672. The fraction of sp³-hybridized carbons (Fsp3) is 0.258. The average Bonchev–Trinajstić information content (AvgIpc) is 3.39. The minimum Gasteiger partial charge on any atom is -0.464 e. The first kappa shape index (κ1) is 29.0. The molecular weight excluding hydrogens is 585 g/mol. The van der Waals surface area contributed by atoms with E-state index in [1.54, 1.807) is 36.6 Å². The Bertz CT molecular complexity index is 1810. The number of sulfone groups is 1. The van der Waals surface area contributed by atoms with Gasteiger partial charge in [-0.1, -0.05) is 47.5 Å². The zero-order valence-electron chi connectivity index (χ0n) is 22.4. The van der Waals surface area contributed by atoms with Gasteiger partial charge in [0.25, 0.3) is 5.91 Å². The highest BCUT2D eigenvalue weighted by atomic mass is 35.5. The van der Waals surface area contributed by atoms with Gasteiger partial charge in [-0.2, -0.15) is 0 Å². The molecule has 1 aromatic heterocycles. The molecule has 4 aromatic rings. The van der Waals surface area contributed by atoms with Crippen LogP contribution in [0.5, 0.6) is 0 Å². The second-order valence-electron chi connectivity index (χ2n) is 10.4. The SMILES string of the molecule is CC(=O)[C@H](Cc1cccc(S(C)(=O)=O)c1)NC(=O)c1c(Cl)cc2c(c1Cl)CCC(C(=O)c1ccc3ccoc3c1)C2. The van der Waals surface area contributed by atoms with Crippen LogP contribution in [-0.2, 0) is 33.9 Å². The molecule has 1 N–H and O–H groups in total. The number of carbonyl (C=O) groups is 3. The molecule has 0 saturated heterocycles. The molecule has 1 aliphatic carbocycles. The normalized spacial score (nSPS) is 15.8. The lowest BCUT2D eigenvalue weighted by molar-refractivity contribution is -0.118. The van der Waals surface area contributed by atoms with Crippen molar-refractivity contribution in [2.45, 2.75) is 43.5 Å². The molecule has 1 aliphatic rings. The molecule has 0 fully saturated rings. The Kier molecular flexibility index (Phi) is 8.10. The molecule has 1 amide bonds. The number of rotatable bonds is 8. The minimum atomic E-state index is -3.43. The van der Waals surface area contributed by atoms with Crippen molar-refractivity contribution in [3.8, 4) is 0 Å². The third kappa shape index (κ3) is 6.10. The van der Waals surface area contributed by atoms with Crippen LogP contribution in [-0.4, -0.2) is 38.2 Å². The average molecular weight is 613 g/mol. The summed E-state index contributed by atoms with van der Waals surface area (Å²) in [5.41, 5.74) is 3.44. The van der Waals surface area contributed by atoms with Crippen LogP contribution in [0.3, 0.4) is 0 Å². The number of halogens is 2. The van der Waals surface area contributed by atoms with Gasteiger partial charge in [-0.15, -0.1) is 0 Å². The number of fused-ring (bicyclic) bond motifs is 2. The van der Waals surface area contributed by atoms with E-state index in [0.29, 0.717) is 36.0 Å². The Balaban J connectivity index is 1.35. The smallest absolute Gasteiger partial charge is 0.254 e. The van der Waals surface area contributed by atoms with Crippen LogP contribution in [0.2, 0.25) is 10.0 Å². The van der Waals surface area contributed by atoms with E-state index >= 15 is 0 Å². The van der Waals surface area contributed by atoms with E-state index in [1.165, 1.54) is 19.1 Å². The lowest BCUT2D eigenvalue weighted by atomic mass is 9.79. The highest BCUT2D eigenvalue weighted by Crippen LogP contribution is 2.38. The lowest BCUT2D eigenvalue weighted by Gasteiger charge is -2.26. The van der Waals surface area contributed by atoms with Crippen molar-refractivity contribution < 1.29 is 27.2 Å². The summed E-state index contributed by atoms with van der Waals surface area (Å²) in [7, 11) is -3.43. The first-order valence-electron chi connectivity index (χ1n) is 13.0. The third-order valence-corrected chi connectivity index (χ3v) is 9.35. The summed E-state index contributed by atoms with van der Waals surface area (Å²) in [6.45, 7) is 1.35. The van der Waals surface area contributed by atoms with E-state index in [-0.39, 0.29) is 44.4 Å². The molecule has 3 aromatic carbocycles. The Labute approximate surface area is 247 Å². The van der Waals surface area contributed by atoms with Gasteiger partial charge < -0.3 is 9.73 Å². The van der Waals surface area contributed by atoms with Gasteiger partial charge in [0.05, 0.1) is 32.8 Å². The van der Waals surface area contributed by atoms with Crippen LogP contribution in [0, 0.1) is 5.92 Å². The number of hydrogen-bond donors (Lipinski definition) is 1. The number of carbonyl (C=O) groups excluding carboxylic acids is 3. The topological polar surface area (TPSA) is 111 Å². The summed E-state index contributed by atoms with van der Waals surface area (Å²) in [5.74, 6) is -1.17. The largest absolute Gasteiger partial charge is 0.464 e. The van der Waals surface area contributed by atoms with Gasteiger partial charge in [-0.25, -0.2) is 8.42 Å². The maximum atomic E-state index is 13.4. The van der Waals surface area contributed by atoms with Crippen LogP contribution >= 0.6 is 23.2 Å². The van der Waals surface area contributed by atoms with Crippen LogP contribution in [0.15, 0.2) is 70.2 Å². The van der Waals surface area contributed by atoms with Crippen molar-refractivity contribution in [3.05, 3.63) is 98.7 Å². The first-order chi connectivity index (χ1) is 19.4. The number of furan rings is 1. The molecule has 10 heteroatoms. The number of ketones is 2. The predicted octanol–water partition coefficient (Wildman–Crippen LogP) is 6.06. The second-order valence-corrected chi connectivity index (χ2v) is 13.2. The molecule has 7 nitrogen and oxygen atoms in total. The summed E-state index contributed by atoms with van der Waals surface area (Å²) >= 11 is 13.3. The molecule has 0 saturated carbocycles. The van der Waals surface area contributed by atoms with Crippen molar-refractivity contribution >= 4 is 61.5 Å².